The van der Waals surface area contributed by atoms with Crippen molar-refractivity contribution >= 4 is 17.5 Å². The van der Waals surface area contributed by atoms with Crippen molar-refractivity contribution in [2.24, 2.45) is 5.92 Å². The maximum Gasteiger partial charge on any atom is 0.253 e. The molecule has 2 rings (SSSR count). The lowest BCUT2D eigenvalue weighted by atomic mass is 10.1. The predicted molar refractivity (Wildman–Crippen MR) is 84.3 cm³/mol. The lowest BCUT2D eigenvalue weighted by Gasteiger charge is -2.24. The SMILES string of the molecule is C=CC1CC(=O)N(c2ccccc2C(=O)NC(C)(C)C)C1. The number of anilines is 1. The third kappa shape index (κ3) is 3.51. The molecular weight excluding hydrogens is 264 g/mol. The third-order valence-corrected chi connectivity index (χ3v) is 3.42. The van der Waals surface area contributed by atoms with E-state index in [2.05, 4.69) is 11.9 Å². The van der Waals surface area contributed by atoms with Crippen LogP contribution in [0.4, 0.5) is 5.69 Å². The van der Waals surface area contributed by atoms with Crippen LogP contribution >= 0.6 is 0 Å². The lowest BCUT2D eigenvalue weighted by Crippen LogP contribution is -2.41. The third-order valence-electron chi connectivity index (χ3n) is 3.42. The first-order valence-corrected chi connectivity index (χ1v) is 7.16. The van der Waals surface area contributed by atoms with Gasteiger partial charge in [0.1, 0.15) is 0 Å². The average molecular weight is 286 g/mol. The van der Waals surface area contributed by atoms with E-state index >= 15 is 0 Å². The van der Waals surface area contributed by atoms with Gasteiger partial charge in [-0.1, -0.05) is 18.2 Å². The fourth-order valence-corrected chi connectivity index (χ4v) is 2.43. The molecule has 0 aliphatic carbocycles. The number of nitrogens with one attached hydrogen (secondary N) is 1. The zero-order chi connectivity index (χ0) is 15.6. The summed E-state index contributed by atoms with van der Waals surface area (Å²) < 4.78 is 0. The molecule has 21 heavy (non-hydrogen) atoms. The summed E-state index contributed by atoms with van der Waals surface area (Å²) >= 11 is 0. The zero-order valence-electron chi connectivity index (χ0n) is 12.8. The monoisotopic (exact) mass is 286 g/mol. The van der Waals surface area contributed by atoms with Gasteiger partial charge in [0.15, 0.2) is 0 Å². The molecule has 1 aliphatic rings. The second-order valence-electron chi connectivity index (χ2n) is 6.43. The van der Waals surface area contributed by atoms with Gasteiger partial charge in [-0.25, -0.2) is 0 Å². The number of carbonyl (C=O) groups excluding carboxylic acids is 2. The molecule has 1 unspecified atom stereocenters. The van der Waals surface area contributed by atoms with Gasteiger partial charge in [-0.3, -0.25) is 9.59 Å². The molecule has 0 saturated carbocycles. The van der Waals surface area contributed by atoms with E-state index in [1.54, 1.807) is 17.0 Å². The van der Waals surface area contributed by atoms with E-state index in [0.29, 0.717) is 24.2 Å². The molecule has 1 aromatic carbocycles. The summed E-state index contributed by atoms with van der Waals surface area (Å²) in [4.78, 5) is 26.3. The Morgan fingerprint density at radius 2 is 2.05 bits per heavy atom. The first-order chi connectivity index (χ1) is 9.81. The second-order valence-corrected chi connectivity index (χ2v) is 6.43. The number of rotatable bonds is 3. The van der Waals surface area contributed by atoms with Crippen molar-refractivity contribution in [1.29, 1.82) is 0 Å². The number of hydrogen-bond acceptors (Lipinski definition) is 2. The molecule has 4 nitrogen and oxygen atoms in total. The number of hydrogen-bond donors (Lipinski definition) is 1. The van der Waals surface area contributed by atoms with Gasteiger partial charge in [-0.2, -0.15) is 0 Å². The highest BCUT2D eigenvalue weighted by Crippen LogP contribution is 2.28. The van der Waals surface area contributed by atoms with Crippen LogP contribution in [0, 0.1) is 5.92 Å². The largest absolute Gasteiger partial charge is 0.347 e. The van der Waals surface area contributed by atoms with Crippen LogP contribution in [-0.4, -0.2) is 23.9 Å². The molecule has 1 saturated heterocycles. The van der Waals surface area contributed by atoms with Crippen LogP contribution in [0.25, 0.3) is 0 Å². The van der Waals surface area contributed by atoms with Crippen LogP contribution in [-0.2, 0) is 4.79 Å². The summed E-state index contributed by atoms with van der Waals surface area (Å²) in [5.41, 5.74) is 0.891. The molecule has 0 aromatic heterocycles. The van der Waals surface area contributed by atoms with Crippen LogP contribution in [0.15, 0.2) is 36.9 Å². The van der Waals surface area contributed by atoms with E-state index in [1.165, 1.54) is 0 Å². The average Bonchev–Trinajstić information content (AvgIpc) is 2.78. The summed E-state index contributed by atoms with van der Waals surface area (Å²) in [6.07, 6.45) is 2.26. The van der Waals surface area contributed by atoms with Gasteiger partial charge >= 0.3 is 0 Å². The van der Waals surface area contributed by atoms with Gasteiger partial charge in [0.25, 0.3) is 5.91 Å². The van der Waals surface area contributed by atoms with Crippen LogP contribution in [0.3, 0.4) is 0 Å². The fraction of sp³-hybridized carbons (Fsp3) is 0.412. The summed E-state index contributed by atoms with van der Waals surface area (Å²) in [6.45, 7) is 10.1. The highest BCUT2D eigenvalue weighted by Gasteiger charge is 2.31. The minimum atomic E-state index is -0.317. The van der Waals surface area contributed by atoms with Crippen LogP contribution in [0.2, 0.25) is 0 Å². The Labute approximate surface area is 125 Å². The molecule has 112 valence electrons. The first kappa shape index (κ1) is 15.3. The molecule has 1 atom stereocenters. The minimum Gasteiger partial charge on any atom is -0.347 e. The van der Waals surface area contributed by atoms with Gasteiger partial charge in [0, 0.05) is 24.4 Å². The number of benzene rings is 1. The lowest BCUT2D eigenvalue weighted by molar-refractivity contribution is -0.117. The second kappa shape index (κ2) is 5.72. The van der Waals surface area contributed by atoms with E-state index in [-0.39, 0.29) is 23.3 Å². The maximum absolute atomic E-state index is 12.4. The Bertz CT molecular complexity index is 572. The standard InChI is InChI=1S/C17H22N2O2/c1-5-12-10-15(20)19(11-12)14-9-7-6-8-13(14)16(21)18-17(2,3)4/h5-9,12H,1,10-11H2,2-4H3,(H,18,21). The Hall–Kier alpha value is -2.10. The molecule has 0 bridgehead atoms. The quantitative estimate of drug-likeness (QED) is 0.869. The number of carbonyl (C=O) groups is 2. The maximum atomic E-state index is 12.4. The highest BCUT2D eigenvalue weighted by atomic mass is 16.2. The van der Waals surface area contributed by atoms with E-state index < -0.39 is 0 Å². The van der Waals surface area contributed by atoms with Crippen molar-refractivity contribution in [3.63, 3.8) is 0 Å². The van der Waals surface area contributed by atoms with Crippen LogP contribution in [0.1, 0.15) is 37.6 Å². The Kier molecular flexibility index (Phi) is 4.16. The van der Waals surface area contributed by atoms with E-state index in [1.807, 2.05) is 39.0 Å². The van der Waals surface area contributed by atoms with Crippen LogP contribution < -0.4 is 10.2 Å². The first-order valence-electron chi connectivity index (χ1n) is 7.16. The highest BCUT2D eigenvalue weighted by molar-refractivity contribution is 6.05. The van der Waals surface area contributed by atoms with Gasteiger partial charge in [-0.15, -0.1) is 6.58 Å². The molecule has 1 fully saturated rings. The molecule has 1 heterocycles. The van der Waals surface area contributed by atoms with Crippen molar-refractivity contribution in [1.82, 2.24) is 5.32 Å². The summed E-state index contributed by atoms with van der Waals surface area (Å²) in [5, 5.41) is 2.94. The smallest absolute Gasteiger partial charge is 0.253 e. The normalized spacial score (nSPS) is 18.7. The molecule has 4 heteroatoms. The van der Waals surface area contributed by atoms with Crippen molar-refractivity contribution in [3.8, 4) is 0 Å². The molecule has 0 radical (unpaired) electrons. The van der Waals surface area contributed by atoms with E-state index in [0.717, 1.165) is 0 Å². The number of amides is 2. The van der Waals surface area contributed by atoms with Crippen molar-refractivity contribution in [3.05, 3.63) is 42.5 Å². The molecule has 1 aliphatic heterocycles. The Morgan fingerprint density at radius 3 is 2.62 bits per heavy atom. The van der Waals surface area contributed by atoms with Crippen molar-refractivity contribution < 1.29 is 9.59 Å². The van der Waals surface area contributed by atoms with Crippen molar-refractivity contribution in [2.75, 3.05) is 11.4 Å². The van der Waals surface area contributed by atoms with Gasteiger partial charge in [-0.05, 0) is 32.9 Å². The van der Waals surface area contributed by atoms with Gasteiger partial charge in [0.05, 0.1) is 11.3 Å². The topological polar surface area (TPSA) is 49.4 Å². The van der Waals surface area contributed by atoms with Crippen LogP contribution in [0.5, 0.6) is 0 Å². The molecular formula is C17H22N2O2. The summed E-state index contributed by atoms with van der Waals surface area (Å²) in [6, 6.07) is 7.23. The molecule has 1 aromatic rings. The van der Waals surface area contributed by atoms with Gasteiger partial charge < -0.3 is 10.2 Å². The zero-order valence-corrected chi connectivity index (χ0v) is 12.8. The number of para-hydroxylation sites is 1. The molecule has 1 N–H and O–H groups in total. The number of nitrogens with zero attached hydrogens (tertiary/aromatic N) is 1. The molecule has 0 spiro atoms. The molecule has 2 amide bonds. The van der Waals surface area contributed by atoms with E-state index in [9.17, 15) is 9.59 Å². The van der Waals surface area contributed by atoms with Gasteiger partial charge in [0.2, 0.25) is 5.91 Å². The minimum absolute atomic E-state index is 0.0379. The Morgan fingerprint density at radius 1 is 1.38 bits per heavy atom. The summed E-state index contributed by atoms with van der Waals surface area (Å²) in [7, 11) is 0. The van der Waals surface area contributed by atoms with E-state index in [4.69, 9.17) is 0 Å². The predicted octanol–water partition coefficient (Wildman–Crippen LogP) is 2.75. The van der Waals surface area contributed by atoms with Crippen molar-refractivity contribution in [2.45, 2.75) is 32.7 Å². The summed E-state index contributed by atoms with van der Waals surface area (Å²) in [5.74, 6) is 0.0279. The fourth-order valence-electron chi connectivity index (χ4n) is 2.43. The Balaban J connectivity index is 2.31.